The third-order valence-corrected chi connectivity index (χ3v) is 5.38. The zero-order chi connectivity index (χ0) is 21.1. The maximum absolute atomic E-state index is 13.2. The van der Waals surface area contributed by atoms with Crippen molar-refractivity contribution in [2.75, 3.05) is 0 Å². The maximum atomic E-state index is 13.2. The number of carbonyl (C=O) groups excluding carboxylic acids is 2. The Morgan fingerprint density at radius 2 is 1.63 bits per heavy atom. The van der Waals surface area contributed by atoms with Gasteiger partial charge in [-0.2, -0.15) is 5.10 Å². The molecule has 0 aliphatic rings. The number of carbonyl (C=O) groups is 2. The molecule has 0 saturated heterocycles. The van der Waals surface area contributed by atoms with E-state index < -0.39 is 0 Å². The Labute approximate surface area is 182 Å². The smallest absolute Gasteiger partial charge is 0.271 e. The van der Waals surface area contributed by atoms with E-state index in [1.54, 1.807) is 42.6 Å². The molecule has 148 valence electrons. The molecule has 5 nitrogen and oxygen atoms in total. The Bertz CT molecular complexity index is 1260. The van der Waals surface area contributed by atoms with Crippen molar-refractivity contribution in [3.8, 4) is 0 Å². The lowest BCUT2D eigenvalue weighted by Gasteiger charge is -2.03. The highest BCUT2D eigenvalue weighted by Gasteiger charge is 2.20. The number of fused-ring (bicyclic) bond motifs is 1. The molecule has 2 aromatic heterocycles. The summed E-state index contributed by atoms with van der Waals surface area (Å²) in [6.45, 7) is 1.89. The van der Waals surface area contributed by atoms with E-state index in [1.807, 2.05) is 53.9 Å². The van der Waals surface area contributed by atoms with Gasteiger partial charge in [0.2, 0.25) is 5.78 Å². The number of halogens is 1. The molecule has 6 heteroatoms. The summed E-state index contributed by atoms with van der Waals surface area (Å²) in [5, 5.41) is 4.14. The van der Waals surface area contributed by atoms with E-state index in [4.69, 9.17) is 0 Å². The van der Waals surface area contributed by atoms with E-state index in [0.29, 0.717) is 16.8 Å². The van der Waals surface area contributed by atoms with Crippen LogP contribution in [0.2, 0.25) is 0 Å². The molecule has 30 heavy (non-hydrogen) atoms. The molecule has 0 aliphatic heterocycles. The third kappa shape index (κ3) is 3.82. The summed E-state index contributed by atoms with van der Waals surface area (Å²) >= 11 is 3.35. The molecule has 4 aromatic rings. The molecule has 1 N–H and O–H groups in total. The van der Waals surface area contributed by atoms with Gasteiger partial charge in [-0.25, -0.2) is 5.43 Å². The molecule has 0 atom stereocenters. The van der Waals surface area contributed by atoms with Crippen molar-refractivity contribution in [3.63, 3.8) is 0 Å². The van der Waals surface area contributed by atoms with E-state index in [1.165, 1.54) is 0 Å². The first-order chi connectivity index (χ1) is 14.6. The van der Waals surface area contributed by atoms with Gasteiger partial charge in [0.05, 0.1) is 17.4 Å². The van der Waals surface area contributed by atoms with E-state index in [-0.39, 0.29) is 11.7 Å². The Balaban J connectivity index is 1.67. The van der Waals surface area contributed by atoms with Crippen LogP contribution in [0.5, 0.6) is 0 Å². The van der Waals surface area contributed by atoms with Gasteiger partial charge < -0.3 is 4.40 Å². The van der Waals surface area contributed by atoms with E-state index in [0.717, 1.165) is 21.1 Å². The van der Waals surface area contributed by atoms with Crippen LogP contribution in [0.3, 0.4) is 0 Å². The predicted molar refractivity (Wildman–Crippen MR) is 121 cm³/mol. The maximum Gasteiger partial charge on any atom is 0.271 e. The lowest BCUT2D eigenvalue weighted by Crippen LogP contribution is -2.17. The minimum Gasteiger partial charge on any atom is -0.313 e. The van der Waals surface area contributed by atoms with Crippen molar-refractivity contribution in [3.05, 3.63) is 111 Å². The highest BCUT2D eigenvalue weighted by Crippen LogP contribution is 2.24. The number of benzene rings is 2. The SMILES string of the molecule is Cc1c(/C=N\NC(=O)c2ccc(Br)cc2)c2ccccn2c1C(=O)c1ccccc1. The Hall–Kier alpha value is -3.51. The van der Waals surface area contributed by atoms with E-state index in [9.17, 15) is 9.59 Å². The first-order valence-electron chi connectivity index (χ1n) is 9.34. The van der Waals surface area contributed by atoms with Crippen molar-refractivity contribution < 1.29 is 9.59 Å². The second kappa shape index (κ2) is 8.47. The molecule has 0 aliphatic carbocycles. The fourth-order valence-electron chi connectivity index (χ4n) is 3.35. The molecule has 0 unspecified atom stereocenters. The number of nitrogens with zero attached hydrogens (tertiary/aromatic N) is 2. The topological polar surface area (TPSA) is 62.9 Å². The number of hydrogen-bond acceptors (Lipinski definition) is 3. The summed E-state index contributed by atoms with van der Waals surface area (Å²) in [6.07, 6.45) is 3.44. The van der Waals surface area contributed by atoms with Crippen molar-refractivity contribution in [1.82, 2.24) is 9.83 Å². The van der Waals surface area contributed by atoms with Crippen LogP contribution >= 0.6 is 15.9 Å². The predicted octanol–water partition coefficient (Wildman–Crippen LogP) is 5.01. The van der Waals surface area contributed by atoms with Crippen molar-refractivity contribution in [2.45, 2.75) is 6.92 Å². The Morgan fingerprint density at radius 3 is 2.37 bits per heavy atom. The number of amides is 1. The van der Waals surface area contributed by atoms with Gasteiger partial charge in [-0.05, 0) is 48.9 Å². The zero-order valence-electron chi connectivity index (χ0n) is 16.2. The standard InChI is InChI=1S/C24H18BrN3O2/c1-16-20(15-26-27-24(30)18-10-12-19(25)13-11-18)21-9-5-6-14-28(21)22(16)23(29)17-7-3-2-4-8-17/h2-15H,1H3,(H,27,30)/b26-15-. The molecule has 0 fully saturated rings. The molecule has 0 spiro atoms. The van der Waals surface area contributed by atoms with Crippen molar-refractivity contribution >= 4 is 39.4 Å². The first-order valence-corrected chi connectivity index (χ1v) is 10.1. The van der Waals surface area contributed by atoms with Crippen LogP contribution < -0.4 is 5.43 Å². The Kier molecular flexibility index (Phi) is 5.59. The number of rotatable bonds is 5. The van der Waals surface area contributed by atoms with Gasteiger partial charge in [-0.3, -0.25) is 9.59 Å². The molecule has 2 heterocycles. The average molecular weight is 460 g/mol. The average Bonchev–Trinajstić information content (AvgIpc) is 3.05. The molecule has 2 aromatic carbocycles. The summed E-state index contributed by atoms with van der Waals surface area (Å²) in [5.41, 5.74) is 6.69. The van der Waals surface area contributed by atoms with Crippen LogP contribution in [0.15, 0.2) is 88.6 Å². The summed E-state index contributed by atoms with van der Waals surface area (Å²) in [5.74, 6) is -0.367. The van der Waals surface area contributed by atoms with Gasteiger partial charge >= 0.3 is 0 Å². The largest absolute Gasteiger partial charge is 0.313 e. The molecule has 0 radical (unpaired) electrons. The number of hydrogen-bond donors (Lipinski definition) is 1. The molecule has 0 saturated carbocycles. The molecule has 1 amide bonds. The summed E-state index contributed by atoms with van der Waals surface area (Å²) in [7, 11) is 0. The van der Waals surface area contributed by atoms with Crippen LogP contribution in [-0.4, -0.2) is 22.3 Å². The molecular weight excluding hydrogens is 442 g/mol. The van der Waals surface area contributed by atoms with Gasteiger partial charge in [0, 0.05) is 27.4 Å². The van der Waals surface area contributed by atoms with Gasteiger partial charge in [0.15, 0.2) is 0 Å². The Morgan fingerprint density at radius 1 is 0.933 bits per heavy atom. The fourth-order valence-corrected chi connectivity index (χ4v) is 3.61. The lowest BCUT2D eigenvalue weighted by molar-refractivity contribution is 0.0954. The number of ketones is 1. The zero-order valence-corrected chi connectivity index (χ0v) is 17.8. The monoisotopic (exact) mass is 459 g/mol. The number of aromatic nitrogens is 1. The van der Waals surface area contributed by atoms with E-state index >= 15 is 0 Å². The van der Waals surface area contributed by atoms with Gasteiger partial charge in [0.25, 0.3) is 5.91 Å². The lowest BCUT2D eigenvalue weighted by atomic mass is 10.0. The van der Waals surface area contributed by atoms with Crippen LogP contribution in [0, 0.1) is 6.92 Å². The van der Waals surface area contributed by atoms with Gasteiger partial charge in [0.1, 0.15) is 0 Å². The van der Waals surface area contributed by atoms with Crippen LogP contribution in [0.25, 0.3) is 5.52 Å². The van der Waals surface area contributed by atoms with Crippen molar-refractivity contribution in [2.24, 2.45) is 5.10 Å². The van der Waals surface area contributed by atoms with E-state index in [2.05, 4.69) is 26.5 Å². The van der Waals surface area contributed by atoms with Crippen LogP contribution in [-0.2, 0) is 0 Å². The van der Waals surface area contributed by atoms with Gasteiger partial charge in [-0.15, -0.1) is 0 Å². The van der Waals surface area contributed by atoms with Crippen LogP contribution in [0.1, 0.15) is 37.5 Å². The highest BCUT2D eigenvalue weighted by atomic mass is 79.9. The summed E-state index contributed by atoms with van der Waals surface area (Å²) in [4.78, 5) is 25.4. The summed E-state index contributed by atoms with van der Waals surface area (Å²) < 4.78 is 2.76. The normalized spacial score (nSPS) is 11.1. The number of nitrogens with one attached hydrogen (secondary N) is 1. The summed E-state index contributed by atoms with van der Waals surface area (Å²) in [6, 6.07) is 21.9. The molecule has 0 bridgehead atoms. The van der Waals surface area contributed by atoms with Crippen LogP contribution in [0.4, 0.5) is 0 Å². The number of hydrazone groups is 1. The minimum absolute atomic E-state index is 0.0622. The highest BCUT2D eigenvalue weighted by molar-refractivity contribution is 9.10. The second-order valence-corrected chi connectivity index (χ2v) is 7.66. The second-order valence-electron chi connectivity index (χ2n) is 6.74. The number of pyridine rings is 1. The fraction of sp³-hybridized carbons (Fsp3) is 0.0417. The molecular formula is C24H18BrN3O2. The minimum atomic E-state index is -0.305. The quantitative estimate of drug-likeness (QED) is 0.259. The third-order valence-electron chi connectivity index (χ3n) is 4.85. The molecule has 4 rings (SSSR count). The van der Waals surface area contributed by atoms with Gasteiger partial charge in [-0.1, -0.05) is 52.3 Å². The first kappa shape index (κ1) is 19.8. The van der Waals surface area contributed by atoms with Crippen molar-refractivity contribution in [1.29, 1.82) is 0 Å².